The highest BCUT2D eigenvalue weighted by Gasteiger charge is 2.21. The molecule has 1 rings (SSSR count). The molecule has 0 radical (unpaired) electrons. The Labute approximate surface area is 110 Å². The predicted molar refractivity (Wildman–Crippen MR) is 69.9 cm³/mol. The molecule has 18 heavy (non-hydrogen) atoms. The third kappa shape index (κ3) is 3.43. The molecule has 2 atom stereocenters. The van der Waals surface area contributed by atoms with Gasteiger partial charge in [-0.05, 0) is 18.9 Å². The molecule has 1 aromatic rings. The predicted octanol–water partition coefficient (Wildman–Crippen LogP) is 2.59. The number of halogens is 1. The summed E-state index contributed by atoms with van der Waals surface area (Å²) in [6.45, 7) is 3.72. The molecule has 1 amide bonds. The molecule has 0 saturated carbocycles. The van der Waals surface area contributed by atoms with Crippen LogP contribution in [0.25, 0.3) is 0 Å². The Morgan fingerprint density at radius 2 is 2.06 bits per heavy atom. The summed E-state index contributed by atoms with van der Waals surface area (Å²) in [7, 11) is 0. The van der Waals surface area contributed by atoms with Gasteiger partial charge < -0.3 is 5.32 Å². The zero-order valence-electron chi connectivity index (χ0n) is 10.2. The molecule has 5 nitrogen and oxygen atoms in total. The molecule has 0 fully saturated rings. The summed E-state index contributed by atoms with van der Waals surface area (Å²) in [5.41, 5.74) is -0.128. The van der Waals surface area contributed by atoms with Crippen LogP contribution in [0.1, 0.15) is 24.2 Å². The number of carbonyl (C=O) groups excluding carboxylic acids is 1. The highest BCUT2D eigenvalue weighted by molar-refractivity contribution is 6.18. The number of hydrogen-bond donors (Lipinski definition) is 1. The first-order valence-corrected chi connectivity index (χ1v) is 6.11. The van der Waals surface area contributed by atoms with E-state index < -0.39 is 10.8 Å². The maximum absolute atomic E-state index is 11.9. The van der Waals surface area contributed by atoms with Crippen LogP contribution in [-0.2, 0) is 0 Å². The van der Waals surface area contributed by atoms with E-state index in [4.69, 9.17) is 11.6 Å². The molecule has 0 aliphatic heterocycles. The number of carbonyl (C=O) groups is 1. The molecule has 2 unspecified atom stereocenters. The number of rotatable bonds is 5. The maximum Gasteiger partial charge on any atom is 0.282 e. The monoisotopic (exact) mass is 270 g/mol. The second-order valence-corrected chi connectivity index (χ2v) is 4.48. The molecule has 0 saturated heterocycles. The first-order valence-electron chi connectivity index (χ1n) is 5.57. The van der Waals surface area contributed by atoms with Crippen molar-refractivity contribution < 1.29 is 9.72 Å². The van der Waals surface area contributed by atoms with Crippen LogP contribution >= 0.6 is 11.6 Å². The Morgan fingerprint density at radius 1 is 1.44 bits per heavy atom. The fourth-order valence-corrected chi connectivity index (χ4v) is 1.65. The minimum absolute atomic E-state index is 0.0659. The van der Waals surface area contributed by atoms with Gasteiger partial charge in [0.25, 0.3) is 11.6 Å². The van der Waals surface area contributed by atoms with Gasteiger partial charge in [-0.2, -0.15) is 0 Å². The van der Waals surface area contributed by atoms with Crippen molar-refractivity contribution in [3.8, 4) is 0 Å². The quantitative estimate of drug-likeness (QED) is 0.508. The lowest BCUT2D eigenvalue weighted by Crippen LogP contribution is -2.37. The lowest BCUT2D eigenvalue weighted by molar-refractivity contribution is -0.385. The number of nitro groups is 1. The Bertz CT molecular complexity index is 451. The van der Waals surface area contributed by atoms with Crippen molar-refractivity contribution in [1.82, 2.24) is 5.32 Å². The summed E-state index contributed by atoms with van der Waals surface area (Å²) in [6.07, 6.45) is 0. The SMILES string of the molecule is CC(CCl)C(C)NC(=O)c1ccccc1[N+](=O)[O-]. The van der Waals surface area contributed by atoms with Gasteiger partial charge >= 0.3 is 0 Å². The first kappa shape index (κ1) is 14.4. The molecule has 0 aromatic heterocycles. The number of nitro benzene ring substituents is 1. The molecule has 0 aliphatic rings. The van der Waals surface area contributed by atoms with E-state index in [0.29, 0.717) is 5.88 Å². The van der Waals surface area contributed by atoms with Crippen LogP contribution in [0.4, 0.5) is 5.69 Å². The lowest BCUT2D eigenvalue weighted by Gasteiger charge is -2.18. The van der Waals surface area contributed by atoms with Crippen molar-refractivity contribution in [1.29, 1.82) is 0 Å². The van der Waals surface area contributed by atoms with Gasteiger partial charge in [0.1, 0.15) is 5.56 Å². The summed E-state index contributed by atoms with van der Waals surface area (Å²) in [5, 5.41) is 13.5. The molecule has 1 N–H and O–H groups in total. The van der Waals surface area contributed by atoms with E-state index in [1.807, 2.05) is 13.8 Å². The number of hydrogen-bond acceptors (Lipinski definition) is 3. The molecule has 0 bridgehead atoms. The molecule has 0 spiro atoms. The zero-order valence-corrected chi connectivity index (χ0v) is 11.0. The summed E-state index contributed by atoms with van der Waals surface area (Å²) in [6, 6.07) is 5.72. The number of alkyl halides is 1. The topological polar surface area (TPSA) is 72.2 Å². The van der Waals surface area contributed by atoms with E-state index in [9.17, 15) is 14.9 Å². The molecule has 0 heterocycles. The number of benzene rings is 1. The van der Waals surface area contributed by atoms with Crippen LogP contribution < -0.4 is 5.32 Å². The molecule has 1 aromatic carbocycles. The fourth-order valence-electron chi connectivity index (χ4n) is 1.39. The lowest BCUT2D eigenvalue weighted by atomic mass is 10.1. The Balaban J connectivity index is 2.88. The summed E-state index contributed by atoms with van der Waals surface area (Å²) in [5.74, 6) is 0.0587. The molecule has 6 heteroatoms. The number of para-hydroxylation sites is 1. The minimum atomic E-state index is -0.565. The number of nitrogens with one attached hydrogen (secondary N) is 1. The maximum atomic E-state index is 11.9. The smallest absolute Gasteiger partial charge is 0.282 e. The second kappa shape index (κ2) is 6.35. The van der Waals surface area contributed by atoms with E-state index in [-0.39, 0.29) is 23.2 Å². The first-order chi connectivity index (χ1) is 8.47. The van der Waals surface area contributed by atoms with Gasteiger partial charge in [-0.1, -0.05) is 19.1 Å². The van der Waals surface area contributed by atoms with Crippen molar-refractivity contribution in [2.45, 2.75) is 19.9 Å². The average molecular weight is 271 g/mol. The van der Waals surface area contributed by atoms with Crippen LogP contribution in [0.5, 0.6) is 0 Å². The average Bonchev–Trinajstić information content (AvgIpc) is 2.37. The van der Waals surface area contributed by atoms with Crippen LogP contribution in [-0.4, -0.2) is 22.8 Å². The molecular formula is C12H15ClN2O3. The van der Waals surface area contributed by atoms with Crippen LogP contribution in [0.15, 0.2) is 24.3 Å². The van der Waals surface area contributed by atoms with Crippen LogP contribution in [0.2, 0.25) is 0 Å². The fraction of sp³-hybridized carbons (Fsp3) is 0.417. The van der Waals surface area contributed by atoms with Gasteiger partial charge in [0, 0.05) is 18.0 Å². The van der Waals surface area contributed by atoms with Crippen molar-refractivity contribution >= 4 is 23.2 Å². The Morgan fingerprint density at radius 3 is 2.61 bits per heavy atom. The van der Waals surface area contributed by atoms with Crippen molar-refractivity contribution in [2.24, 2.45) is 5.92 Å². The highest BCUT2D eigenvalue weighted by atomic mass is 35.5. The number of amides is 1. The van der Waals surface area contributed by atoms with E-state index in [2.05, 4.69) is 5.32 Å². The van der Waals surface area contributed by atoms with Gasteiger partial charge in [-0.15, -0.1) is 11.6 Å². The van der Waals surface area contributed by atoms with Gasteiger partial charge in [0.05, 0.1) is 4.92 Å². The summed E-state index contributed by atoms with van der Waals surface area (Å²) in [4.78, 5) is 22.2. The largest absolute Gasteiger partial charge is 0.349 e. The van der Waals surface area contributed by atoms with Gasteiger partial charge in [0.2, 0.25) is 0 Å². The van der Waals surface area contributed by atoms with E-state index >= 15 is 0 Å². The summed E-state index contributed by atoms with van der Waals surface area (Å²) < 4.78 is 0. The zero-order chi connectivity index (χ0) is 13.7. The van der Waals surface area contributed by atoms with E-state index in [1.165, 1.54) is 18.2 Å². The van der Waals surface area contributed by atoms with E-state index in [0.717, 1.165) is 0 Å². The molecule has 98 valence electrons. The van der Waals surface area contributed by atoms with Gasteiger partial charge in [-0.3, -0.25) is 14.9 Å². The van der Waals surface area contributed by atoms with Crippen molar-refractivity contribution in [3.63, 3.8) is 0 Å². The minimum Gasteiger partial charge on any atom is -0.349 e. The van der Waals surface area contributed by atoms with Crippen LogP contribution in [0.3, 0.4) is 0 Å². The molecule has 0 aliphatic carbocycles. The van der Waals surface area contributed by atoms with Crippen molar-refractivity contribution in [2.75, 3.05) is 5.88 Å². The normalized spacial score (nSPS) is 13.7. The van der Waals surface area contributed by atoms with E-state index in [1.54, 1.807) is 6.07 Å². The standard InChI is InChI=1S/C12H15ClN2O3/c1-8(7-13)9(2)14-12(16)10-5-3-4-6-11(10)15(17)18/h3-6,8-9H,7H2,1-2H3,(H,14,16). The third-order valence-corrected chi connectivity index (χ3v) is 3.29. The Kier molecular flexibility index (Phi) is 5.09. The third-order valence-electron chi connectivity index (χ3n) is 2.80. The highest BCUT2D eigenvalue weighted by Crippen LogP contribution is 2.18. The molecular weight excluding hydrogens is 256 g/mol. The van der Waals surface area contributed by atoms with Gasteiger partial charge in [0.15, 0.2) is 0 Å². The van der Waals surface area contributed by atoms with Gasteiger partial charge in [-0.25, -0.2) is 0 Å². The summed E-state index contributed by atoms with van der Waals surface area (Å²) >= 11 is 5.70. The second-order valence-electron chi connectivity index (χ2n) is 4.17. The number of nitrogens with zero attached hydrogens (tertiary/aromatic N) is 1. The Hall–Kier alpha value is -1.62. The van der Waals surface area contributed by atoms with Crippen molar-refractivity contribution in [3.05, 3.63) is 39.9 Å². The van der Waals surface area contributed by atoms with Crippen LogP contribution in [0, 0.1) is 16.0 Å².